The standard InChI is InChI=1S/C16H26N2O2/c1-15(2,3)12-13(19)17-16(8-4-5-9-16)14(20)18(12)10-11-6-7-11/h11-12H,4-10H2,1-3H3,(H,17,19). The number of carbonyl (C=O) groups excluding carboxylic acids is 2. The summed E-state index contributed by atoms with van der Waals surface area (Å²) in [4.78, 5) is 27.6. The van der Waals surface area contributed by atoms with Gasteiger partial charge in [-0.05, 0) is 37.0 Å². The minimum Gasteiger partial charge on any atom is -0.340 e. The van der Waals surface area contributed by atoms with Gasteiger partial charge >= 0.3 is 0 Å². The Morgan fingerprint density at radius 1 is 1.20 bits per heavy atom. The fraction of sp³-hybridized carbons (Fsp3) is 0.875. The van der Waals surface area contributed by atoms with Crippen molar-refractivity contribution < 1.29 is 9.59 Å². The van der Waals surface area contributed by atoms with Crippen LogP contribution in [0, 0.1) is 11.3 Å². The predicted octanol–water partition coefficient (Wildman–Crippen LogP) is 2.08. The van der Waals surface area contributed by atoms with Gasteiger partial charge in [0.15, 0.2) is 0 Å². The molecule has 0 aromatic carbocycles. The van der Waals surface area contributed by atoms with E-state index in [0.717, 1.165) is 32.2 Å². The summed E-state index contributed by atoms with van der Waals surface area (Å²) in [7, 11) is 0. The lowest BCUT2D eigenvalue weighted by Gasteiger charge is -2.48. The van der Waals surface area contributed by atoms with E-state index in [-0.39, 0.29) is 23.3 Å². The quantitative estimate of drug-likeness (QED) is 0.841. The molecule has 4 heteroatoms. The Morgan fingerprint density at radius 2 is 1.80 bits per heavy atom. The predicted molar refractivity (Wildman–Crippen MR) is 77.0 cm³/mol. The molecule has 2 aliphatic carbocycles. The van der Waals surface area contributed by atoms with E-state index in [1.54, 1.807) is 0 Å². The van der Waals surface area contributed by atoms with Gasteiger partial charge in [-0.2, -0.15) is 0 Å². The average Bonchev–Trinajstić information content (AvgIpc) is 3.02. The Labute approximate surface area is 121 Å². The van der Waals surface area contributed by atoms with Gasteiger partial charge in [0, 0.05) is 6.54 Å². The lowest BCUT2D eigenvalue weighted by atomic mass is 9.80. The van der Waals surface area contributed by atoms with E-state index in [1.807, 2.05) is 4.90 Å². The first-order valence-electron chi connectivity index (χ1n) is 7.97. The second-order valence-electron chi connectivity index (χ2n) is 7.95. The average molecular weight is 278 g/mol. The maximum Gasteiger partial charge on any atom is 0.249 e. The first kappa shape index (κ1) is 13.9. The molecule has 1 heterocycles. The highest BCUT2D eigenvalue weighted by atomic mass is 16.2. The molecule has 1 N–H and O–H groups in total. The van der Waals surface area contributed by atoms with Gasteiger partial charge in [-0.1, -0.05) is 33.6 Å². The molecule has 2 saturated carbocycles. The highest BCUT2D eigenvalue weighted by molar-refractivity contribution is 6.00. The number of nitrogens with one attached hydrogen (secondary N) is 1. The van der Waals surface area contributed by atoms with Crippen LogP contribution in [0.5, 0.6) is 0 Å². The molecule has 0 aromatic heterocycles. The second-order valence-corrected chi connectivity index (χ2v) is 7.95. The smallest absolute Gasteiger partial charge is 0.249 e. The largest absolute Gasteiger partial charge is 0.340 e. The Kier molecular flexibility index (Phi) is 3.11. The van der Waals surface area contributed by atoms with Crippen molar-refractivity contribution in [3.05, 3.63) is 0 Å². The number of nitrogens with zero attached hydrogens (tertiary/aromatic N) is 1. The van der Waals surface area contributed by atoms with Crippen LogP contribution < -0.4 is 5.32 Å². The van der Waals surface area contributed by atoms with Crippen molar-refractivity contribution in [1.29, 1.82) is 0 Å². The molecule has 3 fully saturated rings. The van der Waals surface area contributed by atoms with Gasteiger partial charge in [-0.25, -0.2) is 0 Å². The summed E-state index contributed by atoms with van der Waals surface area (Å²) in [6, 6.07) is -0.318. The molecule has 1 aliphatic heterocycles. The van der Waals surface area contributed by atoms with Crippen molar-refractivity contribution in [3.63, 3.8) is 0 Å². The first-order valence-corrected chi connectivity index (χ1v) is 7.97. The summed E-state index contributed by atoms with van der Waals surface area (Å²) in [5.41, 5.74) is -0.789. The number of rotatable bonds is 2. The fourth-order valence-corrected chi connectivity index (χ4v) is 3.84. The highest BCUT2D eigenvalue weighted by Gasteiger charge is 2.55. The van der Waals surface area contributed by atoms with E-state index in [4.69, 9.17) is 0 Å². The Morgan fingerprint density at radius 3 is 2.30 bits per heavy atom. The van der Waals surface area contributed by atoms with Gasteiger partial charge in [0.2, 0.25) is 11.8 Å². The summed E-state index contributed by atoms with van der Waals surface area (Å²) >= 11 is 0. The molecule has 3 rings (SSSR count). The first-order chi connectivity index (χ1) is 9.33. The van der Waals surface area contributed by atoms with Gasteiger partial charge in [-0.15, -0.1) is 0 Å². The Balaban J connectivity index is 1.92. The fourth-order valence-electron chi connectivity index (χ4n) is 3.84. The number of piperazine rings is 1. The monoisotopic (exact) mass is 278 g/mol. The zero-order valence-electron chi connectivity index (χ0n) is 12.9. The summed E-state index contributed by atoms with van der Waals surface area (Å²) in [6.45, 7) is 6.93. The number of hydrogen-bond acceptors (Lipinski definition) is 2. The third-order valence-corrected chi connectivity index (χ3v) is 5.02. The highest BCUT2D eigenvalue weighted by Crippen LogP contribution is 2.40. The molecule has 112 valence electrons. The van der Waals surface area contributed by atoms with Crippen molar-refractivity contribution in [2.24, 2.45) is 11.3 Å². The zero-order valence-corrected chi connectivity index (χ0v) is 12.9. The Hall–Kier alpha value is -1.06. The minimum absolute atomic E-state index is 0.0552. The molecule has 0 aromatic rings. The molecule has 4 nitrogen and oxygen atoms in total. The number of hydrogen-bond donors (Lipinski definition) is 1. The van der Waals surface area contributed by atoms with E-state index in [1.165, 1.54) is 12.8 Å². The van der Waals surface area contributed by atoms with Crippen LogP contribution in [-0.2, 0) is 9.59 Å². The van der Waals surface area contributed by atoms with Crippen LogP contribution in [0.15, 0.2) is 0 Å². The molecule has 1 unspecified atom stereocenters. The van der Waals surface area contributed by atoms with Gasteiger partial charge in [0.25, 0.3) is 0 Å². The topological polar surface area (TPSA) is 49.4 Å². The van der Waals surface area contributed by atoms with Crippen LogP contribution in [0.25, 0.3) is 0 Å². The molecule has 20 heavy (non-hydrogen) atoms. The van der Waals surface area contributed by atoms with E-state index in [0.29, 0.717) is 5.92 Å². The van der Waals surface area contributed by atoms with Crippen LogP contribution in [0.1, 0.15) is 59.3 Å². The van der Waals surface area contributed by atoms with E-state index in [9.17, 15) is 9.59 Å². The summed E-state index contributed by atoms with van der Waals surface area (Å²) in [5.74, 6) is 0.856. The second kappa shape index (κ2) is 4.47. The van der Waals surface area contributed by atoms with Crippen LogP contribution in [0.2, 0.25) is 0 Å². The molecule has 1 atom stereocenters. The van der Waals surface area contributed by atoms with E-state index >= 15 is 0 Å². The molecule has 3 aliphatic rings. The molecule has 0 radical (unpaired) electrons. The molecule has 1 saturated heterocycles. The van der Waals surface area contributed by atoms with Crippen molar-refractivity contribution >= 4 is 11.8 Å². The lowest BCUT2D eigenvalue weighted by Crippen LogP contribution is -2.72. The minimum atomic E-state index is -0.576. The molecule has 2 amide bonds. The SMILES string of the molecule is CC(C)(C)C1C(=O)NC2(CCCC2)C(=O)N1CC1CC1. The maximum atomic E-state index is 13.0. The lowest BCUT2D eigenvalue weighted by molar-refractivity contribution is -0.159. The maximum absolute atomic E-state index is 13.0. The van der Waals surface area contributed by atoms with Crippen LogP contribution >= 0.6 is 0 Å². The van der Waals surface area contributed by atoms with Gasteiger partial charge < -0.3 is 10.2 Å². The van der Waals surface area contributed by atoms with Crippen LogP contribution in [-0.4, -0.2) is 34.8 Å². The van der Waals surface area contributed by atoms with E-state index in [2.05, 4.69) is 26.1 Å². The third-order valence-electron chi connectivity index (χ3n) is 5.02. The van der Waals surface area contributed by atoms with Gasteiger partial charge in [-0.3, -0.25) is 9.59 Å². The number of carbonyl (C=O) groups is 2. The molecular weight excluding hydrogens is 252 g/mol. The van der Waals surface area contributed by atoms with Crippen molar-refractivity contribution in [3.8, 4) is 0 Å². The van der Waals surface area contributed by atoms with Crippen molar-refractivity contribution in [2.45, 2.75) is 70.9 Å². The van der Waals surface area contributed by atoms with Crippen molar-refractivity contribution in [2.75, 3.05) is 6.54 Å². The van der Waals surface area contributed by atoms with Gasteiger partial charge in [0.05, 0.1) is 0 Å². The molecule has 0 bridgehead atoms. The molecule has 1 spiro atoms. The molecular formula is C16H26N2O2. The Bertz CT molecular complexity index is 428. The van der Waals surface area contributed by atoms with Crippen molar-refractivity contribution in [1.82, 2.24) is 10.2 Å². The summed E-state index contributed by atoms with van der Waals surface area (Å²) in [5, 5.41) is 3.09. The normalized spacial score (nSPS) is 29.9. The summed E-state index contributed by atoms with van der Waals surface area (Å²) < 4.78 is 0. The van der Waals surface area contributed by atoms with Crippen LogP contribution in [0.4, 0.5) is 0 Å². The number of amides is 2. The van der Waals surface area contributed by atoms with Gasteiger partial charge in [0.1, 0.15) is 11.6 Å². The zero-order chi connectivity index (χ0) is 14.5. The van der Waals surface area contributed by atoms with Crippen LogP contribution in [0.3, 0.4) is 0 Å². The third kappa shape index (κ3) is 2.23. The summed E-state index contributed by atoms with van der Waals surface area (Å²) in [6.07, 6.45) is 6.13. The van der Waals surface area contributed by atoms with E-state index < -0.39 is 5.54 Å².